The molecule has 0 unspecified atom stereocenters. The van der Waals surface area contributed by atoms with Gasteiger partial charge >= 0.3 is 0 Å². The van der Waals surface area contributed by atoms with Gasteiger partial charge in [0.2, 0.25) is 0 Å². The van der Waals surface area contributed by atoms with Crippen LogP contribution in [0.5, 0.6) is 0 Å². The highest BCUT2D eigenvalue weighted by Crippen LogP contribution is 2.16. The quantitative estimate of drug-likeness (QED) is 0.807. The van der Waals surface area contributed by atoms with Gasteiger partial charge in [0.05, 0.1) is 23.1 Å². The second kappa shape index (κ2) is 5.16. The summed E-state index contributed by atoms with van der Waals surface area (Å²) >= 11 is 0. The van der Waals surface area contributed by atoms with Crippen LogP contribution >= 0.6 is 0 Å². The third-order valence-electron chi connectivity index (χ3n) is 2.23. The third kappa shape index (κ3) is 2.63. The Hall–Kier alpha value is -2.30. The molecular weight excluding hydrogens is 214 g/mol. The molecule has 0 saturated heterocycles. The van der Waals surface area contributed by atoms with E-state index in [2.05, 4.69) is 31.8 Å². The Morgan fingerprint density at radius 3 is 2.71 bits per heavy atom. The van der Waals surface area contributed by atoms with Gasteiger partial charge in [0, 0.05) is 18.9 Å². The van der Waals surface area contributed by atoms with Crippen molar-refractivity contribution >= 4 is 5.69 Å². The van der Waals surface area contributed by atoms with Crippen LogP contribution in [0.2, 0.25) is 0 Å². The fraction of sp³-hybridized carbons (Fsp3) is 0.167. The molecule has 1 N–H and O–H groups in total. The first-order valence-electron chi connectivity index (χ1n) is 5.25. The maximum Gasteiger partial charge on any atom is 0.162 e. The van der Waals surface area contributed by atoms with Crippen LogP contribution in [0.25, 0.3) is 11.4 Å². The largest absolute Gasteiger partial charge is 0.379 e. The number of anilines is 1. The first-order valence-corrected chi connectivity index (χ1v) is 5.25. The molecule has 0 spiro atoms. The zero-order chi connectivity index (χ0) is 12.1. The maximum atomic E-state index is 4.41. The minimum atomic E-state index is 0.632. The monoisotopic (exact) mass is 227 g/mol. The first-order chi connectivity index (χ1) is 8.31. The third-order valence-corrected chi connectivity index (χ3v) is 2.23. The van der Waals surface area contributed by atoms with Gasteiger partial charge in [-0.1, -0.05) is 6.08 Å². The van der Waals surface area contributed by atoms with E-state index in [4.69, 9.17) is 0 Å². The minimum Gasteiger partial charge on any atom is -0.379 e. The average Bonchev–Trinajstić information content (AvgIpc) is 2.38. The van der Waals surface area contributed by atoms with E-state index < -0.39 is 0 Å². The molecule has 0 aliphatic carbocycles. The number of hydrogen-bond donors (Lipinski definition) is 1. The average molecular weight is 227 g/mol. The van der Waals surface area contributed by atoms with Crippen molar-refractivity contribution < 1.29 is 0 Å². The highest BCUT2D eigenvalue weighted by Gasteiger charge is 2.04. The summed E-state index contributed by atoms with van der Waals surface area (Å²) in [7, 11) is 0. The van der Waals surface area contributed by atoms with E-state index in [0.717, 1.165) is 16.9 Å². The van der Waals surface area contributed by atoms with Crippen LogP contribution in [0.3, 0.4) is 0 Å². The number of nitrogens with zero attached hydrogens (tertiary/aromatic N) is 4. The van der Waals surface area contributed by atoms with E-state index in [1.807, 2.05) is 6.92 Å². The van der Waals surface area contributed by atoms with Gasteiger partial charge in [-0.2, -0.15) is 0 Å². The van der Waals surface area contributed by atoms with E-state index in [9.17, 15) is 0 Å². The van der Waals surface area contributed by atoms with Gasteiger partial charge in [-0.05, 0) is 6.92 Å². The summed E-state index contributed by atoms with van der Waals surface area (Å²) < 4.78 is 0. The Morgan fingerprint density at radius 1 is 1.29 bits per heavy atom. The van der Waals surface area contributed by atoms with Crippen molar-refractivity contribution in [3.8, 4) is 11.4 Å². The Labute approximate surface area is 99.7 Å². The zero-order valence-electron chi connectivity index (χ0n) is 9.59. The molecule has 0 aromatic carbocycles. The van der Waals surface area contributed by atoms with E-state index in [1.165, 1.54) is 6.33 Å². The topological polar surface area (TPSA) is 63.6 Å². The molecule has 5 nitrogen and oxygen atoms in total. The van der Waals surface area contributed by atoms with Gasteiger partial charge in [0.25, 0.3) is 0 Å². The van der Waals surface area contributed by atoms with Crippen molar-refractivity contribution in [2.75, 3.05) is 11.9 Å². The van der Waals surface area contributed by atoms with Crippen molar-refractivity contribution in [3.05, 3.63) is 43.3 Å². The van der Waals surface area contributed by atoms with Gasteiger partial charge in [-0.15, -0.1) is 6.58 Å². The second-order valence-corrected chi connectivity index (χ2v) is 3.49. The number of nitrogens with one attached hydrogen (secondary N) is 1. The zero-order valence-corrected chi connectivity index (χ0v) is 9.59. The standard InChI is InChI=1S/C12H13N5/c1-3-4-15-11-7-16-12(17-9(11)2)10-5-13-8-14-6-10/h3,5-8,15H,1,4H2,2H3. The van der Waals surface area contributed by atoms with Crippen LogP contribution in [0, 0.1) is 6.92 Å². The number of rotatable bonds is 4. The van der Waals surface area contributed by atoms with Crippen LogP contribution in [-0.2, 0) is 0 Å². The molecule has 2 aromatic rings. The summed E-state index contributed by atoms with van der Waals surface area (Å²) in [4.78, 5) is 16.6. The Bertz CT molecular complexity index is 510. The summed E-state index contributed by atoms with van der Waals surface area (Å²) in [6.07, 6.45) is 8.42. The van der Waals surface area contributed by atoms with Crippen molar-refractivity contribution in [1.82, 2.24) is 19.9 Å². The number of hydrogen-bond acceptors (Lipinski definition) is 5. The van der Waals surface area contributed by atoms with Gasteiger partial charge < -0.3 is 5.32 Å². The molecule has 0 fully saturated rings. The first kappa shape index (κ1) is 11.2. The highest BCUT2D eigenvalue weighted by atomic mass is 15.0. The normalized spacial score (nSPS) is 9.94. The van der Waals surface area contributed by atoms with Crippen LogP contribution in [0.15, 0.2) is 37.6 Å². The van der Waals surface area contributed by atoms with Crippen LogP contribution in [-0.4, -0.2) is 26.5 Å². The molecule has 2 rings (SSSR count). The number of aryl methyl sites for hydroxylation is 1. The van der Waals surface area contributed by atoms with Gasteiger partial charge in [-0.3, -0.25) is 0 Å². The lowest BCUT2D eigenvalue weighted by molar-refractivity contribution is 1.08. The van der Waals surface area contributed by atoms with Gasteiger partial charge in [0.1, 0.15) is 6.33 Å². The molecule has 5 heteroatoms. The summed E-state index contributed by atoms with van der Waals surface area (Å²) in [5, 5.41) is 3.17. The van der Waals surface area contributed by atoms with Crippen molar-refractivity contribution in [2.45, 2.75) is 6.92 Å². The summed E-state index contributed by atoms with van der Waals surface area (Å²) in [6.45, 7) is 6.27. The lowest BCUT2D eigenvalue weighted by atomic mass is 10.3. The summed E-state index contributed by atoms with van der Waals surface area (Å²) in [5.41, 5.74) is 2.61. The molecule has 0 saturated carbocycles. The van der Waals surface area contributed by atoms with E-state index >= 15 is 0 Å². The molecule has 0 aliphatic rings. The molecule has 0 radical (unpaired) electrons. The Kier molecular flexibility index (Phi) is 3.40. The summed E-state index contributed by atoms with van der Waals surface area (Å²) in [6, 6.07) is 0. The van der Waals surface area contributed by atoms with Gasteiger partial charge in [0.15, 0.2) is 5.82 Å². The second-order valence-electron chi connectivity index (χ2n) is 3.49. The molecule has 2 heterocycles. The molecule has 2 aromatic heterocycles. The minimum absolute atomic E-state index is 0.632. The SMILES string of the molecule is C=CCNc1cnc(-c2cncnc2)nc1C. The fourth-order valence-corrected chi connectivity index (χ4v) is 1.38. The van der Waals surface area contributed by atoms with Crippen LogP contribution in [0.4, 0.5) is 5.69 Å². The number of aromatic nitrogens is 4. The molecule has 17 heavy (non-hydrogen) atoms. The molecule has 0 amide bonds. The predicted molar refractivity (Wildman–Crippen MR) is 66.5 cm³/mol. The van der Waals surface area contributed by atoms with Crippen LogP contribution in [0.1, 0.15) is 5.69 Å². The van der Waals surface area contributed by atoms with Gasteiger partial charge in [-0.25, -0.2) is 19.9 Å². The molecule has 0 aliphatic heterocycles. The predicted octanol–water partition coefficient (Wildman–Crippen LogP) is 1.84. The van der Waals surface area contributed by atoms with Crippen molar-refractivity contribution in [1.29, 1.82) is 0 Å². The highest BCUT2D eigenvalue weighted by molar-refractivity contribution is 5.55. The lowest BCUT2D eigenvalue weighted by Crippen LogP contribution is -2.03. The lowest BCUT2D eigenvalue weighted by Gasteiger charge is -2.07. The van der Waals surface area contributed by atoms with E-state index in [-0.39, 0.29) is 0 Å². The molecule has 0 bridgehead atoms. The molecule has 0 atom stereocenters. The molecule has 86 valence electrons. The summed E-state index contributed by atoms with van der Waals surface area (Å²) in [5.74, 6) is 0.632. The van der Waals surface area contributed by atoms with E-state index in [1.54, 1.807) is 24.7 Å². The Morgan fingerprint density at radius 2 is 2.06 bits per heavy atom. The van der Waals surface area contributed by atoms with E-state index in [0.29, 0.717) is 12.4 Å². The molecular formula is C12H13N5. The van der Waals surface area contributed by atoms with Crippen molar-refractivity contribution in [2.24, 2.45) is 0 Å². The smallest absolute Gasteiger partial charge is 0.162 e. The van der Waals surface area contributed by atoms with Crippen molar-refractivity contribution in [3.63, 3.8) is 0 Å². The Balaban J connectivity index is 2.28. The van der Waals surface area contributed by atoms with Crippen LogP contribution < -0.4 is 5.32 Å². The fourth-order valence-electron chi connectivity index (χ4n) is 1.38. The maximum absolute atomic E-state index is 4.41.